The third-order valence-corrected chi connectivity index (χ3v) is 4.24. The molecule has 1 heterocycles. The van der Waals surface area contributed by atoms with Crippen LogP contribution in [0, 0.1) is 6.92 Å². The number of aromatic nitrogens is 1. The van der Waals surface area contributed by atoms with E-state index in [0.29, 0.717) is 5.92 Å². The molecule has 1 N–H and O–H groups in total. The zero-order chi connectivity index (χ0) is 13.8. The van der Waals surface area contributed by atoms with E-state index in [1.54, 1.807) is 0 Å². The average Bonchev–Trinajstić information content (AvgIpc) is 2.43. The summed E-state index contributed by atoms with van der Waals surface area (Å²) in [5.41, 5.74) is 3.63. The third kappa shape index (κ3) is 3.57. The molecule has 0 saturated carbocycles. The largest absolute Gasteiger partial charge is 0.340 e. The Morgan fingerprint density at radius 1 is 1.26 bits per heavy atom. The molecule has 19 heavy (non-hydrogen) atoms. The molecule has 0 aliphatic heterocycles. The first-order chi connectivity index (χ1) is 9.10. The van der Waals surface area contributed by atoms with E-state index in [2.05, 4.69) is 71.3 Å². The van der Waals surface area contributed by atoms with E-state index in [-0.39, 0.29) is 0 Å². The highest BCUT2D eigenvalue weighted by molar-refractivity contribution is 9.10. The van der Waals surface area contributed by atoms with E-state index in [0.717, 1.165) is 16.0 Å². The van der Waals surface area contributed by atoms with Crippen LogP contribution in [0.4, 0.5) is 11.5 Å². The number of hydrogen-bond donors (Lipinski definition) is 1. The molecule has 3 heteroatoms. The summed E-state index contributed by atoms with van der Waals surface area (Å²) < 4.78 is 1.03. The Bertz CT molecular complexity index is 549. The number of rotatable bonds is 4. The molecule has 2 aromatic rings. The Morgan fingerprint density at radius 2 is 1.95 bits per heavy atom. The molecular weight excluding hydrogens is 300 g/mol. The summed E-state index contributed by atoms with van der Waals surface area (Å²) in [7, 11) is 0. The first kappa shape index (κ1) is 14.1. The summed E-state index contributed by atoms with van der Waals surface area (Å²) in [6, 6.07) is 10.6. The molecule has 0 bridgehead atoms. The molecule has 0 aliphatic rings. The standard InChI is InChI=1S/C16H19BrN2/c1-4-11(2)13-5-7-14(8-6-13)19-16-9-12(3)15(17)10-18-16/h5-11H,4H2,1-3H3,(H,18,19). The van der Waals surface area contributed by atoms with Crippen LogP contribution < -0.4 is 5.32 Å². The Hall–Kier alpha value is -1.35. The maximum Gasteiger partial charge on any atom is 0.130 e. The van der Waals surface area contributed by atoms with Gasteiger partial charge in [-0.05, 0) is 64.5 Å². The Kier molecular flexibility index (Phi) is 4.59. The van der Waals surface area contributed by atoms with Crippen molar-refractivity contribution >= 4 is 27.4 Å². The van der Waals surface area contributed by atoms with Crippen molar-refractivity contribution in [1.82, 2.24) is 4.98 Å². The molecule has 0 saturated heterocycles. The molecule has 1 aromatic carbocycles. The van der Waals surface area contributed by atoms with Crippen LogP contribution in [-0.2, 0) is 0 Å². The molecule has 0 spiro atoms. The molecule has 2 rings (SSSR count). The van der Waals surface area contributed by atoms with E-state index >= 15 is 0 Å². The average molecular weight is 319 g/mol. The van der Waals surface area contributed by atoms with Crippen LogP contribution in [0.2, 0.25) is 0 Å². The van der Waals surface area contributed by atoms with Gasteiger partial charge < -0.3 is 5.32 Å². The van der Waals surface area contributed by atoms with Crippen LogP contribution in [0.1, 0.15) is 37.3 Å². The maximum atomic E-state index is 4.35. The fourth-order valence-corrected chi connectivity index (χ4v) is 2.10. The van der Waals surface area contributed by atoms with Gasteiger partial charge in [-0.3, -0.25) is 0 Å². The van der Waals surface area contributed by atoms with Gasteiger partial charge in [-0.1, -0.05) is 26.0 Å². The number of halogens is 1. The van der Waals surface area contributed by atoms with Crippen molar-refractivity contribution < 1.29 is 0 Å². The lowest BCUT2D eigenvalue weighted by molar-refractivity contribution is 0.734. The first-order valence-electron chi connectivity index (χ1n) is 6.59. The summed E-state index contributed by atoms with van der Waals surface area (Å²) in [4.78, 5) is 4.35. The van der Waals surface area contributed by atoms with Crippen LogP contribution in [0.15, 0.2) is 41.0 Å². The summed E-state index contributed by atoms with van der Waals surface area (Å²) in [5.74, 6) is 1.49. The monoisotopic (exact) mass is 318 g/mol. The van der Waals surface area contributed by atoms with Crippen molar-refractivity contribution in [1.29, 1.82) is 0 Å². The summed E-state index contributed by atoms with van der Waals surface area (Å²) in [5, 5.41) is 3.32. The fourth-order valence-electron chi connectivity index (χ4n) is 1.89. The second-order valence-corrected chi connectivity index (χ2v) is 5.73. The lowest BCUT2D eigenvalue weighted by Crippen LogP contribution is -1.96. The van der Waals surface area contributed by atoms with Crippen molar-refractivity contribution in [3.63, 3.8) is 0 Å². The van der Waals surface area contributed by atoms with Gasteiger partial charge in [0.05, 0.1) is 0 Å². The van der Waals surface area contributed by atoms with Crippen molar-refractivity contribution in [2.45, 2.75) is 33.1 Å². The first-order valence-corrected chi connectivity index (χ1v) is 7.38. The van der Waals surface area contributed by atoms with E-state index in [4.69, 9.17) is 0 Å². The number of anilines is 2. The normalized spacial score (nSPS) is 12.2. The van der Waals surface area contributed by atoms with E-state index in [1.807, 2.05) is 12.3 Å². The van der Waals surface area contributed by atoms with Gasteiger partial charge in [-0.15, -0.1) is 0 Å². The number of aryl methyl sites for hydroxylation is 1. The van der Waals surface area contributed by atoms with Gasteiger partial charge in [-0.25, -0.2) is 4.98 Å². The molecule has 0 radical (unpaired) electrons. The molecule has 100 valence electrons. The number of nitrogens with zero attached hydrogens (tertiary/aromatic N) is 1. The minimum atomic E-state index is 0.613. The molecule has 0 fully saturated rings. The Morgan fingerprint density at radius 3 is 2.53 bits per heavy atom. The van der Waals surface area contributed by atoms with Gasteiger partial charge >= 0.3 is 0 Å². The van der Waals surface area contributed by atoms with Crippen LogP contribution in [-0.4, -0.2) is 4.98 Å². The molecule has 2 nitrogen and oxygen atoms in total. The van der Waals surface area contributed by atoms with Crippen LogP contribution in [0.3, 0.4) is 0 Å². The highest BCUT2D eigenvalue weighted by Gasteiger charge is 2.03. The number of benzene rings is 1. The predicted molar refractivity (Wildman–Crippen MR) is 85.1 cm³/mol. The van der Waals surface area contributed by atoms with Crippen molar-refractivity contribution in [3.8, 4) is 0 Å². The molecule has 0 aliphatic carbocycles. The van der Waals surface area contributed by atoms with Gasteiger partial charge in [0.1, 0.15) is 5.82 Å². The van der Waals surface area contributed by atoms with Gasteiger partial charge in [0.2, 0.25) is 0 Å². The highest BCUT2D eigenvalue weighted by Crippen LogP contribution is 2.23. The number of hydrogen-bond acceptors (Lipinski definition) is 2. The smallest absolute Gasteiger partial charge is 0.130 e. The van der Waals surface area contributed by atoms with Gasteiger partial charge in [0.15, 0.2) is 0 Å². The third-order valence-electron chi connectivity index (χ3n) is 3.41. The predicted octanol–water partition coefficient (Wildman–Crippen LogP) is 5.41. The topological polar surface area (TPSA) is 24.9 Å². The second-order valence-electron chi connectivity index (χ2n) is 4.88. The number of pyridine rings is 1. The summed E-state index contributed by atoms with van der Waals surface area (Å²) in [6.07, 6.45) is 2.99. The fraction of sp³-hybridized carbons (Fsp3) is 0.312. The van der Waals surface area contributed by atoms with Crippen molar-refractivity contribution in [3.05, 3.63) is 52.1 Å². The Balaban J connectivity index is 2.12. The lowest BCUT2D eigenvalue weighted by Gasteiger charge is -2.11. The molecule has 0 amide bonds. The molecule has 1 atom stereocenters. The lowest BCUT2D eigenvalue weighted by atomic mass is 9.99. The van der Waals surface area contributed by atoms with Gasteiger partial charge in [0.25, 0.3) is 0 Å². The van der Waals surface area contributed by atoms with Crippen molar-refractivity contribution in [2.24, 2.45) is 0 Å². The number of nitrogens with one attached hydrogen (secondary N) is 1. The molecular formula is C16H19BrN2. The van der Waals surface area contributed by atoms with Gasteiger partial charge in [-0.2, -0.15) is 0 Å². The van der Waals surface area contributed by atoms with Crippen molar-refractivity contribution in [2.75, 3.05) is 5.32 Å². The van der Waals surface area contributed by atoms with Gasteiger partial charge in [0, 0.05) is 16.4 Å². The minimum absolute atomic E-state index is 0.613. The summed E-state index contributed by atoms with van der Waals surface area (Å²) in [6.45, 7) is 6.52. The maximum absolute atomic E-state index is 4.35. The van der Waals surface area contributed by atoms with E-state index in [9.17, 15) is 0 Å². The zero-order valence-electron chi connectivity index (χ0n) is 11.6. The van der Waals surface area contributed by atoms with Crippen LogP contribution in [0.5, 0.6) is 0 Å². The zero-order valence-corrected chi connectivity index (χ0v) is 13.2. The molecule has 1 aromatic heterocycles. The minimum Gasteiger partial charge on any atom is -0.340 e. The quantitative estimate of drug-likeness (QED) is 0.815. The van der Waals surface area contributed by atoms with Crippen LogP contribution >= 0.6 is 15.9 Å². The molecule has 1 unspecified atom stereocenters. The highest BCUT2D eigenvalue weighted by atomic mass is 79.9. The Labute approximate surface area is 123 Å². The van der Waals surface area contributed by atoms with Crippen LogP contribution in [0.25, 0.3) is 0 Å². The van der Waals surface area contributed by atoms with E-state index < -0.39 is 0 Å². The summed E-state index contributed by atoms with van der Waals surface area (Å²) >= 11 is 3.46. The van der Waals surface area contributed by atoms with E-state index in [1.165, 1.54) is 17.5 Å². The SMILES string of the molecule is CCC(C)c1ccc(Nc2cc(C)c(Br)cn2)cc1. The second kappa shape index (κ2) is 6.20.